The quantitative estimate of drug-likeness (QED) is 0.186. The molecule has 0 saturated carbocycles. The van der Waals surface area contributed by atoms with Gasteiger partial charge in [0.25, 0.3) is 5.91 Å². The van der Waals surface area contributed by atoms with Crippen LogP contribution < -0.4 is 5.32 Å². The van der Waals surface area contributed by atoms with E-state index < -0.39 is 23.5 Å². The first-order valence-corrected chi connectivity index (χ1v) is 17.7. The Morgan fingerprint density at radius 1 is 1.02 bits per heavy atom. The van der Waals surface area contributed by atoms with Crippen LogP contribution in [0.4, 0.5) is 0 Å². The van der Waals surface area contributed by atoms with E-state index in [0.717, 1.165) is 60.7 Å². The number of nitrogens with zero attached hydrogens (tertiary/aromatic N) is 2. The molecule has 2 aromatic heterocycles. The number of hydrogen-bond donors (Lipinski definition) is 2. The van der Waals surface area contributed by atoms with Crippen molar-refractivity contribution in [1.82, 2.24) is 14.5 Å². The van der Waals surface area contributed by atoms with Crippen molar-refractivity contribution < 1.29 is 24.2 Å². The second-order valence-electron chi connectivity index (χ2n) is 13.2. The lowest BCUT2D eigenvalue weighted by Gasteiger charge is -2.37. The molecule has 3 atom stereocenters. The summed E-state index contributed by atoms with van der Waals surface area (Å²) in [6.07, 6.45) is -0.662. The van der Waals surface area contributed by atoms with E-state index >= 15 is 0 Å². The highest BCUT2D eigenvalue weighted by atomic mass is 32.2. The Bertz CT molecular complexity index is 2110. The Labute approximate surface area is 269 Å². The lowest BCUT2D eigenvalue weighted by Crippen LogP contribution is -2.56. The molecule has 2 bridgehead atoms. The average molecular weight is 644 g/mol. The third-order valence-electron chi connectivity index (χ3n) is 9.84. The Balaban J connectivity index is 1.56. The van der Waals surface area contributed by atoms with Crippen LogP contribution in [-0.4, -0.2) is 49.3 Å². The Hall–Kier alpha value is -3.18. The monoisotopic (exact) mass is 643 g/mol. The van der Waals surface area contributed by atoms with Gasteiger partial charge >= 0.3 is 5.97 Å². The summed E-state index contributed by atoms with van der Waals surface area (Å²) in [6, 6.07) is 12.9. The van der Waals surface area contributed by atoms with Gasteiger partial charge in [0.15, 0.2) is 5.72 Å². The second-order valence-corrected chi connectivity index (χ2v) is 16.4. The molecular weight excluding hydrogens is 607 g/mol. The number of rotatable bonds is 7. The molecular formula is C35H37N3O5S2. The highest BCUT2D eigenvalue weighted by Crippen LogP contribution is 2.58. The number of aliphatic hydroxyl groups is 1. The summed E-state index contributed by atoms with van der Waals surface area (Å²) in [5, 5.41) is 20.3. The van der Waals surface area contributed by atoms with E-state index in [2.05, 4.69) is 74.0 Å². The van der Waals surface area contributed by atoms with E-state index in [1.165, 1.54) is 18.2 Å². The van der Waals surface area contributed by atoms with Crippen LogP contribution in [0.15, 0.2) is 36.4 Å². The number of carbonyl (C=O) groups excluding carboxylic acids is 2. The molecule has 1 saturated heterocycles. The van der Waals surface area contributed by atoms with Crippen molar-refractivity contribution in [3.8, 4) is 0 Å². The van der Waals surface area contributed by atoms with Crippen LogP contribution in [0.2, 0.25) is 0 Å². The first kappa shape index (κ1) is 29.2. The number of ether oxygens (including phenoxy) is 2. The fourth-order valence-electron chi connectivity index (χ4n) is 7.79. The van der Waals surface area contributed by atoms with E-state index in [1.54, 1.807) is 6.92 Å². The van der Waals surface area contributed by atoms with Crippen LogP contribution in [0.25, 0.3) is 43.6 Å². The zero-order chi connectivity index (χ0) is 31.6. The van der Waals surface area contributed by atoms with Crippen LogP contribution in [0.1, 0.15) is 74.3 Å². The maximum atomic E-state index is 13.8. The second kappa shape index (κ2) is 9.91. The summed E-state index contributed by atoms with van der Waals surface area (Å²) in [4.78, 5) is 27.3. The van der Waals surface area contributed by atoms with Gasteiger partial charge in [-0.2, -0.15) is 23.5 Å². The van der Waals surface area contributed by atoms with E-state index in [0.29, 0.717) is 22.6 Å². The van der Waals surface area contributed by atoms with Crippen LogP contribution in [0.3, 0.4) is 0 Å². The van der Waals surface area contributed by atoms with E-state index in [4.69, 9.17) is 9.47 Å². The normalized spacial score (nSPS) is 23.8. The van der Waals surface area contributed by atoms with Gasteiger partial charge in [-0.1, -0.05) is 39.8 Å². The Kier molecular flexibility index (Phi) is 6.44. The van der Waals surface area contributed by atoms with E-state index in [9.17, 15) is 14.7 Å². The lowest BCUT2D eigenvalue weighted by molar-refractivity contribution is -0.202. The summed E-state index contributed by atoms with van der Waals surface area (Å²) in [6.45, 7) is 11.0. The first-order valence-electron chi connectivity index (χ1n) is 15.6. The van der Waals surface area contributed by atoms with Gasteiger partial charge in [0.1, 0.15) is 6.23 Å². The number of fused-ring (bicyclic) bond motifs is 13. The van der Waals surface area contributed by atoms with E-state index in [1.807, 2.05) is 28.1 Å². The first-order chi connectivity index (χ1) is 21.5. The van der Waals surface area contributed by atoms with Crippen molar-refractivity contribution in [3.05, 3.63) is 58.7 Å². The summed E-state index contributed by atoms with van der Waals surface area (Å²) in [5.74, 6) is 0.901. The van der Waals surface area contributed by atoms with Crippen molar-refractivity contribution >= 4 is 79.0 Å². The highest BCUT2D eigenvalue weighted by molar-refractivity contribution is 7.99. The highest BCUT2D eigenvalue weighted by Gasteiger charge is 2.65. The van der Waals surface area contributed by atoms with Crippen LogP contribution in [-0.2, 0) is 38.0 Å². The molecule has 3 aliphatic rings. The maximum absolute atomic E-state index is 13.8. The number of hydrogen-bond acceptors (Lipinski definition) is 7. The number of carbonyl (C=O) groups is 2. The summed E-state index contributed by atoms with van der Waals surface area (Å²) < 4.78 is 16.3. The zero-order valence-corrected chi connectivity index (χ0v) is 27.9. The molecule has 0 radical (unpaired) electrons. The summed E-state index contributed by atoms with van der Waals surface area (Å²) in [7, 11) is 1.31. The molecule has 10 heteroatoms. The SMILES string of the molecule is COC(=O)[C@@]1(O)C[C@H]2O[C@]1(C)n1c3ccc(CSC(C)C)cc3c3c4c(c5c6cc(CSC(C)C)ccc6n2c5c31)C(=O)NC4. The van der Waals surface area contributed by atoms with Crippen LogP contribution in [0.5, 0.6) is 0 Å². The molecule has 0 spiro atoms. The number of amides is 1. The predicted molar refractivity (Wildman–Crippen MR) is 182 cm³/mol. The third kappa shape index (κ3) is 3.82. The van der Waals surface area contributed by atoms with Gasteiger partial charge < -0.3 is 29.0 Å². The number of benzene rings is 3. The minimum atomic E-state index is -1.96. The predicted octanol–water partition coefficient (Wildman–Crippen LogP) is 6.94. The van der Waals surface area contributed by atoms with Gasteiger partial charge in [-0.25, -0.2) is 4.79 Å². The summed E-state index contributed by atoms with van der Waals surface area (Å²) >= 11 is 3.75. The molecule has 0 aliphatic carbocycles. The van der Waals surface area contributed by atoms with Crippen LogP contribution in [0, 0.1) is 0 Å². The maximum Gasteiger partial charge on any atom is 0.343 e. The van der Waals surface area contributed by atoms with Gasteiger partial charge in [0, 0.05) is 46.0 Å². The number of esters is 1. The number of aromatic nitrogens is 2. The largest absolute Gasteiger partial charge is 0.467 e. The molecule has 1 amide bonds. The Morgan fingerprint density at radius 3 is 2.27 bits per heavy atom. The van der Waals surface area contributed by atoms with Gasteiger partial charge in [0.05, 0.1) is 34.7 Å². The van der Waals surface area contributed by atoms with Crippen molar-refractivity contribution in [3.63, 3.8) is 0 Å². The standard InChI is InChI=1S/C35H37N3O5S2/c1-17(2)44-15-19-7-9-24-21(11-19)28-29-23(14-36-32(29)39)27-22-12-20(16-45-18(3)4)8-10-25(22)38-31(27)30(28)37(24)26-13-35(41,33(40)42-6)34(38,5)43-26/h7-12,17-18,26,41H,13-16H2,1-6H3,(H,36,39)/t26-,34+,35+/m1/s1. The van der Waals surface area contributed by atoms with Crippen molar-refractivity contribution in [2.45, 2.75) is 87.1 Å². The molecule has 1 fully saturated rings. The fraction of sp³-hybridized carbons (Fsp3) is 0.429. The molecule has 8 nitrogen and oxygen atoms in total. The molecule has 45 heavy (non-hydrogen) atoms. The van der Waals surface area contributed by atoms with Gasteiger partial charge in [-0.05, 0) is 58.4 Å². The van der Waals surface area contributed by atoms with Crippen molar-refractivity contribution in [2.24, 2.45) is 0 Å². The summed E-state index contributed by atoms with van der Waals surface area (Å²) in [5.41, 5.74) is 4.10. The van der Waals surface area contributed by atoms with Crippen molar-refractivity contribution in [2.75, 3.05) is 7.11 Å². The molecule has 8 rings (SSSR count). The molecule has 234 valence electrons. The molecule has 0 unspecified atom stereocenters. The molecule has 5 aromatic rings. The molecule has 5 heterocycles. The van der Waals surface area contributed by atoms with E-state index in [-0.39, 0.29) is 12.3 Å². The van der Waals surface area contributed by atoms with Crippen LogP contribution >= 0.6 is 23.5 Å². The molecule has 3 aliphatic heterocycles. The van der Waals surface area contributed by atoms with Gasteiger partial charge in [0.2, 0.25) is 5.60 Å². The minimum absolute atomic E-state index is 0.00695. The van der Waals surface area contributed by atoms with Gasteiger partial charge in [-0.3, -0.25) is 4.79 Å². The fourth-order valence-corrected chi connectivity index (χ4v) is 9.20. The zero-order valence-electron chi connectivity index (χ0n) is 26.3. The third-order valence-corrected chi connectivity index (χ3v) is 12.2. The van der Waals surface area contributed by atoms with Crippen molar-refractivity contribution in [1.29, 1.82) is 0 Å². The average Bonchev–Trinajstić information content (AvgIpc) is 3.70. The number of nitrogens with one attached hydrogen (secondary N) is 1. The number of methoxy groups -OCH3 is 1. The topological polar surface area (TPSA) is 94.7 Å². The Morgan fingerprint density at radius 2 is 1.64 bits per heavy atom. The smallest absolute Gasteiger partial charge is 0.343 e. The number of thioether (sulfide) groups is 2. The minimum Gasteiger partial charge on any atom is -0.467 e. The lowest BCUT2D eigenvalue weighted by atomic mass is 9.88. The van der Waals surface area contributed by atoms with Gasteiger partial charge in [-0.15, -0.1) is 0 Å². The molecule has 2 N–H and O–H groups in total. The molecule has 3 aromatic carbocycles.